The minimum absolute atomic E-state index is 0.0796. The van der Waals surface area contributed by atoms with Crippen molar-refractivity contribution < 1.29 is 23.9 Å². The van der Waals surface area contributed by atoms with E-state index in [1.807, 2.05) is 6.07 Å². The Hall–Kier alpha value is -2.07. The largest absolute Gasteiger partial charge is 0.492 e. The molecule has 2 N–H and O–H groups in total. The van der Waals surface area contributed by atoms with Crippen molar-refractivity contribution in [1.82, 2.24) is 14.6 Å². The maximum atomic E-state index is 14.0. The fraction of sp³-hybridized carbons (Fsp3) is 0.474. The van der Waals surface area contributed by atoms with Gasteiger partial charge >= 0.3 is 0 Å². The molecule has 2 aliphatic rings. The van der Waals surface area contributed by atoms with E-state index in [2.05, 4.69) is 10.1 Å². The zero-order chi connectivity index (χ0) is 19.3. The Bertz CT molecular complexity index is 1000. The predicted octanol–water partition coefficient (Wildman–Crippen LogP) is 1.46. The quantitative estimate of drug-likeness (QED) is 0.690. The summed E-state index contributed by atoms with van der Waals surface area (Å²) in [4.78, 5) is 7.01. The monoisotopic (exact) mass is 405 g/mol. The predicted molar refractivity (Wildman–Crippen MR) is 100 cm³/mol. The summed E-state index contributed by atoms with van der Waals surface area (Å²) in [6, 6.07) is 6.40. The molecular formula is C19H22FN4O3S+. The first-order valence-electron chi connectivity index (χ1n) is 9.48. The fourth-order valence-corrected chi connectivity index (χ4v) is 5.51. The first-order chi connectivity index (χ1) is 13.5. The maximum Gasteiger partial charge on any atom is 0.235 e. The van der Waals surface area contributed by atoms with E-state index in [9.17, 15) is 9.50 Å². The van der Waals surface area contributed by atoms with Gasteiger partial charge in [-0.15, -0.1) is 5.10 Å². The number of benzene rings is 1. The van der Waals surface area contributed by atoms with E-state index < -0.39 is 5.79 Å². The third-order valence-electron chi connectivity index (χ3n) is 5.63. The van der Waals surface area contributed by atoms with Crippen LogP contribution in [0.15, 0.2) is 24.3 Å². The van der Waals surface area contributed by atoms with E-state index in [0.717, 1.165) is 36.4 Å². The van der Waals surface area contributed by atoms with Crippen molar-refractivity contribution in [3.05, 3.63) is 46.3 Å². The summed E-state index contributed by atoms with van der Waals surface area (Å²) in [5.74, 6) is -0.0670. The number of hydrogen-bond donors (Lipinski definition) is 2. The van der Waals surface area contributed by atoms with Crippen molar-refractivity contribution in [2.45, 2.75) is 31.6 Å². The molecule has 2 aliphatic heterocycles. The van der Waals surface area contributed by atoms with Crippen molar-refractivity contribution in [3.63, 3.8) is 0 Å². The Morgan fingerprint density at radius 3 is 2.71 bits per heavy atom. The zero-order valence-corrected chi connectivity index (χ0v) is 16.3. The van der Waals surface area contributed by atoms with Crippen molar-refractivity contribution in [2.75, 3.05) is 26.3 Å². The van der Waals surface area contributed by atoms with Crippen LogP contribution in [0.3, 0.4) is 0 Å². The highest BCUT2D eigenvalue weighted by molar-refractivity contribution is 7.17. The minimum atomic E-state index is -0.471. The van der Waals surface area contributed by atoms with E-state index >= 15 is 0 Å². The molecule has 0 aliphatic carbocycles. The van der Waals surface area contributed by atoms with Crippen LogP contribution in [-0.2, 0) is 9.47 Å². The summed E-state index contributed by atoms with van der Waals surface area (Å²) in [5.41, 5.74) is 0.829. The number of hydrogen-bond acceptors (Lipinski definition) is 6. The lowest BCUT2D eigenvalue weighted by molar-refractivity contribution is -0.933. The Labute approximate surface area is 165 Å². The first-order valence-corrected chi connectivity index (χ1v) is 10.3. The molecule has 0 saturated carbocycles. The van der Waals surface area contributed by atoms with Gasteiger partial charge in [-0.05, 0) is 19.1 Å². The molecule has 1 atom stereocenters. The van der Waals surface area contributed by atoms with Crippen molar-refractivity contribution >= 4 is 16.3 Å². The second-order valence-electron chi connectivity index (χ2n) is 7.40. The number of ether oxygens (including phenoxy) is 2. The zero-order valence-electron chi connectivity index (χ0n) is 15.5. The summed E-state index contributed by atoms with van der Waals surface area (Å²) >= 11 is 1.40. The molecule has 0 radical (unpaired) electrons. The number of nitrogens with zero attached hydrogens (tertiary/aromatic N) is 3. The van der Waals surface area contributed by atoms with E-state index in [4.69, 9.17) is 9.47 Å². The van der Waals surface area contributed by atoms with Crippen LogP contribution in [0.25, 0.3) is 4.96 Å². The number of piperidine rings is 1. The lowest BCUT2D eigenvalue weighted by Crippen LogP contribution is -3.14. The summed E-state index contributed by atoms with van der Waals surface area (Å²) < 4.78 is 27.2. The molecule has 2 aromatic heterocycles. The van der Waals surface area contributed by atoms with Crippen LogP contribution in [-0.4, -0.2) is 51.8 Å². The number of aryl methyl sites for hydroxylation is 1. The van der Waals surface area contributed by atoms with Gasteiger partial charge in [-0.1, -0.05) is 23.5 Å². The number of likely N-dealkylation sites (tertiary alicyclic amines) is 1. The van der Waals surface area contributed by atoms with E-state index in [-0.39, 0.29) is 17.7 Å². The molecule has 1 aromatic carbocycles. The Kier molecular flexibility index (Phi) is 4.35. The van der Waals surface area contributed by atoms with Gasteiger partial charge in [0.25, 0.3) is 0 Å². The summed E-state index contributed by atoms with van der Waals surface area (Å²) in [6.07, 6.45) is 1.55. The van der Waals surface area contributed by atoms with Gasteiger partial charge in [-0.25, -0.2) is 9.37 Å². The van der Waals surface area contributed by atoms with Crippen LogP contribution in [0, 0.1) is 12.7 Å². The molecule has 4 heterocycles. The maximum absolute atomic E-state index is 14.0. The summed E-state index contributed by atoms with van der Waals surface area (Å²) in [6.45, 7) is 4.66. The van der Waals surface area contributed by atoms with Crippen molar-refractivity contribution in [2.24, 2.45) is 0 Å². The van der Waals surface area contributed by atoms with Crippen LogP contribution in [0.2, 0.25) is 0 Å². The Morgan fingerprint density at radius 2 is 2.04 bits per heavy atom. The number of aromatic hydroxyl groups is 1. The van der Waals surface area contributed by atoms with Gasteiger partial charge in [0.15, 0.2) is 11.8 Å². The molecule has 9 heteroatoms. The Balaban J connectivity index is 1.53. The van der Waals surface area contributed by atoms with Crippen LogP contribution < -0.4 is 4.90 Å². The number of nitrogens with one attached hydrogen (secondary N) is 1. The molecule has 0 unspecified atom stereocenters. The minimum Gasteiger partial charge on any atom is -0.492 e. The van der Waals surface area contributed by atoms with E-state index in [1.165, 1.54) is 26.8 Å². The molecule has 28 heavy (non-hydrogen) atoms. The first kappa shape index (κ1) is 18.0. The fourth-order valence-electron chi connectivity index (χ4n) is 4.32. The molecule has 1 spiro atoms. The third kappa shape index (κ3) is 2.98. The second-order valence-corrected chi connectivity index (χ2v) is 8.41. The number of thiazole rings is 1. The normalized spacial score (nSPS) is 20.9. The van der Waals surface area contributed by atoms with Gasteiger partial charge in [-0.2, -0.15) is 4.52 Å². The van der Waals surface area contributed by atoms with Gasteiger partial charge in [0.2, 0.25) is 10.8 Å². The number of aromatic nitrogens is 3. The average Bonchev–Trinajstić information content (AvgIpc) is 3.35. The highest BCUT2D eigenvalue weighted by atomic mass is 32.1. The average molecular weight is 405 g/mol. The van der Waals surface area contributed by atoms with Crippen LogP contribution in [0.4, 0.5) is 4.39 Å². The van der Waals surface area contributed by atoms with Gasteiger partial charge in [0.1, 0.15) is 16.5 Å². The van der Waals surface area contributed by atoms with Gasteiger partial charge < -0.3 is 19.5 Å². The second kappa shape index (κ2) is 6.77. The van der Waals surface area contributed by atoms with Gasteiger partial charge in [0, 0.05) is 5.56 Å². The van der Waals surface area contributed by atoms with Gasteiger partial charge in [0.05, 0.1) is 39.1 Å². The van der Waals surface area contributed by atoms with Gasteiger partial charge in [-0.3, -0.25) is 0 Å². The van der Waals surface area contributed by atoms with E-state index in [1.54, 1.807) is 19.1 Å². The number of rotatable bonds is 3. The molecule has 3 aromatic rings. The van der Waals surface area contributed by atoms with Crippen LogP contribution in [0.1, 0.15) is 35.1 Å². The SMILES string of the molecule is Cc1nc2sc([C@H](c3cccc(F)c3)[NH+]3CCC4(CC3)OCCO4)c(O)n2n1. The molecule has 7 nitrogen and oxygen atoms in total. The molecule has 148 valence electrons. The lowest BCUT2D eigenvalue weighted by Gasteiger charge is -2.38. The molecular weight excluding hydrogens is 383 g/mol. The molecule has 0 bridgehead atoms. The number of halogens is 1. The van der Waals surface area contributed by atoms with Crippen molar-refractivity contribution in [3.8, 4) is 5.88 Å². The summed E-state index contributed by atoms with van der Waals surface area (Å²) in [5, 5.41) is 15.1. The highest BCUT2D eigenvalue weighted by Gasteiger charge is 2.45. The highest BCUT2D eigenvalue weighted by Crippen LogP contribution is 2.36. The molecule has 2 saturated heterocycles. The topological polar surface area (TPSA) is 73.3 Å². The lowest BCUT2D eigenvalue weighted by atomic mass is 9.97. The smallest absolute Gasteiger partial charge is 0.235 e. The number of quaternary nitrogens is 1. The molecule has 2 fully saturated rings. The van der Waals surface area contributed by atoms with Crippen LogP contribution in [0.5, 0.6) is 5.88 Å². The molecule has 5 rings (SSSR count). The Morgan fingerprint density at radius 1 is 1.29 bits per heavy atom. The molecule has 0 amide bonds. The van der Waals surface area contributed by atoms with Crippen LogP contribution >= 0.6 is 11.3 Å². The standard InChI is InChI=1S/C19H21FN4O3S/c1-12-21-18-24(22-12)17(25)16(28-18)15(13-3-2-4-14(20)11-13)23-7-5-19(6-8-23)26-9-10-27-19/h2-4,11,15,25H,5-10H2,1H3/p+1/t15-/m0/s1. The summed E-state index contributed by atoms with van der Waals surface area (Å²) in [7, 11) is 0. The third-order valence-corrected chi connectivity index (χ3v) is 6.71. The van der Waals surface area contributed by atoms with Crippen molar-refractivity contribution in [1.29, 1.82) is 0 Å². The number of fused-ring (bicyclic) bond motifs is 1. The van der Waals surface area contributed by atoms with E-state index in [0.29, 0.717) is 24.0 Å².